The summed E-state index contributed by atoms with van der Waals surface area (Å²) in [6.07, 6.45) is 1.08. The number of nitrogens with two attached hydrogens (primary N) is 1. The van der Waals surface area contributed by atoms with Crippen LogP contribution in [-0.2, 0) is 4.74 Å². The van der Waals surface area contributed by atoms with Crippen LogP contribution in [0, 0.1) is 0 Å². The summed E-state index contributed by atoms with van der Waals surface area (Å²) >= 11 is 6.03. The van der Waals surface area contributed by atoms with E-state index in [1.165, 1.54) is 0 Å². The van der Waals surface area contributed by atoms with Crippen LogP contribution in [0.2, 0.25) is 5.02 Å². The number of rotatable bonds is 7. The van der Waals surface area contributed by atoms with Crippen molar-refractivity contribution in [3.8, 4) is 5.75 Å². The number of halogens is 1. The van der Waals surface area contributed by atoms with Crippen molar-refractivity contribution in [3.63, 3.8) is 0 Å². The number of hydrogen-bond acceptors (Lipinski definition) is 3. The van der Waals surface area contributed by atoms with Crippen LogP contribution in [0.15, 0.2) is 23.2 Å². The fourth-order valence-corrected chi connectivity index (χ4v) is 1.77. The lowest BCUT2D eigenvalue weighted by molar-refractivity contribution is 0.0783. The number of anilines is 1. The first kappa shape index (κ1) is 16.6. The third kappa shape index (κ3) is 6.12. The minimum atomic E-state index is 0.246. The van der Waals surface area contributed by atoms with E-state index in [9.17, 15) is 0 Å². The molecule has 0 spiro atoms. The van der Waals surface area contributed by atoms with Gasteiger partial charge in [-0.3, -0.25) is 4.99 Å². The van der Waals surface area contributed by atoms with Gasteiger partial charge in [-0.2, -0.15) is 0 Å². The van der Waals surface area contributed by atoms with Gasteiger partial charge in [-0.15, -0.1) is 0 Å². The third-order valence-electron chi connectivity index (χ3n) is 2.46. The van der Waals surface area contributed by atoms with Crippen LogP contribution in [0.1, 0.15) is 20.3 Å². The summed E-state index contributed by atoms with van der Waals surface area (Å²) in [5, 5.41) is 3.50. The van der Waals surface area contributed by atoms with E-state index in [1.54, 1.807) is 19.2 Å². The van der Waals surface area contributed by atoms with E-state index in [1.807, 2.05) is 19.9 Å². The fourth-order valence-electron chi connectivity index (χ4n) is 1.51. The number of nitrogens with zero attached hydrogens (tertiary/aromatic N) is 1. The summed E-state index contributed by atoms with van der Waals surface area (Å²) in [5.74, 6) is 0.981. The number of guanidine groups is 1. The van der Waals surface area contributed by atoms with Crippen molar-refractivity contribution in [2.45, 2.75) is 26.4 Å². The first-order valence-electron chi connectivity index (χ1n) is 6.55. The SMILES string of the molecule is COc1ccc(NC(N)=NCCCOC(C)C)cc1Cl. The summed E-state index contributed by atoms with van der Waals surface area (Å²) in [6.45, 7) is 5.32. The van der Waals surface area contributed by atoms with Gasteiger partial charge >= 0.3 is 0 Å². The van der Waals surface area contributed by atoms with Gasteiger partial charge in [0.1, 0.15) is 5.75 Å². The molecule has 0 unspecified atom stereocenters. The Kier molecular flexibility index (Phi) is 7.18. The first-order chi connectivity index (χ1) is 9.52. The highest BCUT2D eigenvalue weighted by molar-refractivity contribution is 6.32. The maximum absolute atomic E-state index is 6.03. The van der Waals surface area contributed by atoms with Gasteiger partial charge in [0.25, 0.3) is 0 Å². The third-order valence-corrected chi connectivity index (χ3v) is 2.76. The van der Waals surface area contributed by atoms with Gasteiger partial charge in [0.2, 0.25) is 0 Å². The molecule has 0 amide bonds. The molecule has 1 aromatic rings. The molecular weight excluding hydrogens is 278 g/mol. The van der Waals surface area contributed by atoms with Crippen LogP contribution in [0.4, 0.5) is 5.69 Å². The number of hydrogen-bond donors (Lipinski definition) is 2. The highest BCUT2D eigenvalue weighted by Gasteiger charge is 2.02. The zero-order valence-corrected chi connectivity index (χ0v) is 12.9. The molecular formula is C14H22ClN3O2. The lowest BCUT2D eigenvalue weighted by atomic mass is 10.3. The van der Waals surface area contributed by atoms with E-state index >= 15 is 0 Å². The van der Waals surface area contributed by atoms with Crippen molar-refractivity contribution in [1.82, 2.24) is 0 Å². The van der Waals surface area contributed by atoms with E-state index in [4.69, 9.17) is 26.8 Å². The Hall–Kier alpha value is -1.46. The van der Waals surface area contributed by atoms with E-state index in [-0.39, 0.29) is 6.10 Å². The second kappa shape index (κ2) is 8.66. The highest BCUT2D eigenvalue weighted by atomic mass is 35.5. The molecule has 0 saturated carbocycles. The average Bonchev–Trinajstić information content (AvgIpc) is 2.38. The van der Waals surface area contributed by atoms with Gasteiger partial charge in [-0.25, -0.2) is 0 Å². The number of benzene rings is 1. The molecule has 5 nitrogen and oxygen atoms in total. The molecule has 0 radical (unpaired) electrons. The minimum Gasteiger partial charge on any atom is -0.495 e. The van der Waals surface area contributed by atoms with Crippen molar-refractivity contribution < 1.29 is 9.47 Å². The Bertz CT molecular complexity index is 450. The number of nitrogens with one attached hydrogen (secondary N) is 1. The van der Waals surface area contributed by atoms with Gasteiger partial charge in [-0.05, 0) is 38.5 Å². The molecule has 1 aromatic carbocycles. The number of methoxy groups -OCH3 is 1. The highest BCUT2D eigenvalue weighted by Crippen LogP contribution is 2.26. The Morgan fingerprint density at radius 3 is 2.80 bits per heavy atom. The summed E-state index contributed by atoms with van der Waals surface area (Å²) < 4.78 is 10.5. The van der Waals surface area contributed by atoms with E-state index in [0.29, 0.717) is 29.9 Å². The number of aliphatic imine (C=N–C) groups is 1. The van der Waals surface area contributed by atoms with Gasteiger partial charge in [0.15, 0.2) is 5.96 Å². The molecule has 3 N–H and O–H groups in total. The maximum atomic E-state index is 6.03. The molecule has 0 aliphatic rings. The summed E-state index contributed by atoms with van der Waals surface area (Å²) in [5.41, 5.74) is 6.57. The molecule has 20 heavy (non-hydrogen) atoms. The topological polar surface area (TPSA) is 68.9 Å². The maximum Gasteiger partial charge on any atom is 0.193 e. The van der Waals surface area contributed by atoms with Gasteiger partial charge in [-0.1, -0.05) is 11.6 Å². The lowest BCUT2D eigenvalue weighted by Crippen LogP contribution is -2.23. The van der Waals surface area contributed by atoms with Crippen molar-refractivity contribution in [2.75, 3.05) is 25.6 Å². The smallest absolute Gasteiger partial charge is 0.193 e. The molecule has 0 aliphatic heterocycles. The minimum absolute atomic E-state index is 0.246. The molecule has 0 bridgehead atoms. The lowest BCUT2D eigenvalue weighted by Gasteiger charge is -2.09. The van der Waals surface area contributed by atoms with Crippen molar-refractivity contribution in [1.29, 1.82) is 0 Å². The Morgan fingerprint density at radius 2 is 2.20 bits per heavy atom. The molecule has 0 heterocycles. The first-order valence-corrected chi connectivity index (χ1v) is 6.92. The van der Waals surface area contributed by atoms with E-state index < -0.39 is 0 Å². The molecule has 0 saturated heterocycles. The Balaban J connectivity index is 2.41. The van der Waals surface area contributed by atoms with Crippen LogP contribution in [0.25, 0.3) is 0 Å². The predicted molar refractivity (Wildman–Crippen MR) is 83.8 cm³/mol. The predicted octanol–water partition coefficient (Wildman–Crippen LogP) is 2.89. The fraction of sp³-hybridized carbons (Fsp3) is 0.500. The molecule has 1 rings (SSSR count). The van der Waals surface area contributed by atoms with Crippen LogP contribution in [0.3, 0.4) is 0 Å². The molecule has 0 atom stereocenters. The normalized spacial score (nSPS) is 11.8. The standard InChI is InChI=1S/C14H22ClN3O2/c1-10(2)20-8-4-7-17-14(16)18-11-5-6-13(19-3)12(15)9-11/h5-6,9-10H,4,7-8H2,1-3H3,(H3,16,17,18). The summed E-state index contributed by atoms with van der Waals surface area (Å²) in [6, 6.07) is 5.34. The average molecular weight is 300 g/mol. The zero-order chi connectivity index (χ0) is 15.0. The van der Waals surface area contributed by atoms with E-state index in [0.717, 1.165) is 12.1 Å². The van der Waals surface area contributed by atoms with Crippen molar-refractivity contribution in [2.24, 2.45) is 10.7 Å². The monoisotopic (exact) mass is 299 g/mol. The van der Waals surface area contributed by atoms with Crippen molar-refractivity contribution >= 4 is 23.2 Å². The van der Waals surface area contributed by atoms with Crippen LogP contribution < -0.4 is 15.8 Å². The largest absolute Gasteiger partial charge is 0.495 e. The summed E-state index contributed by atoms with van der Waals surface area (Å²) in [7, 11) is 1.57. The quantitative estimate of drug-likeness (QED) is 0.461. The Morgan fingerprint density at radius 1 is 1.45 bits per heavy atom. The molecule has 112 valence electrons. The van der Waals surface area contributed by atoms with Crippen LogP contribution in [-0.4, -0.2) is 32.3 Å². The van der Waals surface area contributed by atoms with Gasteiger partial charge < -0.3 is 20.5 Å². The van der Waals surface area contributed by atoms with E-state index in [2.05, 4.69) is 10.3 Å². The van der Waals surface area contributed by atoms with Crippen molar-refractivity contribution in [3.05, 3.63) is 23.2 Å². The zero-order valence-electron chi connectivity index (χ0n) is 12.1. The van der Waals surface area contributed by atoms with Gasteiger partial charge in [0.05, 0.1) is 18.2 Å². The molecule has 0 fully saturated rings. The summed E-state index contributed by atoms with van der Waals surface area (Å²) in [4.78, 5) is 4.22. The molecule has 0 aliphatic carbocycles. The Labute approximate surface area is 125 Å². The van der Waals surface area contributed by atoms with Crippen LogP contribution >= 0.6 is 11.6 Å². The number of ether oxygens (including phenoxy) is 2. The molecule has 6 heteroatoms. The van der Waals surface area contributed by atoms with Crippen LogP contribution in [0.5, 0.6) is 5.75 Å². The second-order valence-electron chi connectivity index (χ2n) is 4.51. The second-order valence-corrected chi connectivity index (χ2v) is 4.92. The molecule has 0 aromatic heterocycles. The van der Waals surface area contributed by atoms with Gasteiger partial charge in [0, 0.05) is 18.8 Å².